The lowest BCUT2D eigenvalue weighted by atomic mass is 9.92. The van der Waals surface area contributed by atoms with Gasteiger partial charge in [-0.15, -0.1) is 0 Å². The van der Waals surface area contributed by atoms with Gasteiger partial charge >= 0.3 is 0 Å². The number of rotatable bonds is 5. The molecule has 5 rings (SSSR count). The van der Waals surface area contributed by atoms with Gasteiger partial charge in [-0.25, -0.2) is 0 Å². The van der Waals surface area contributed by atoms with Crippen LogP contribution in [0.25, 0.3) is 0 Å². The first kappa shape index (κ1) is 18.8. The average molecular weight is 403 g/mol. The topological polar surface area (TPSA) is 60.7 Å². The Kier molecular flexibility index (Phi) is 4.35. The first-order chi connectivity index (χ1) is 14.5. The molecule has 5 nitrogen and oxygen atoms in total. The van der Waals surface area contributed by atoms with Gasteiger partial charge in [-0.3, -0.25) is 4.79 Å². The van der Waals surface area contributed by atoms with Gasteiger partial charge in [-0.1, -0.05) is 29.8 Å². The summed E-state index contributed by atoms with van der Waals surface area (Å²) in [5.41, 5.74) is 3.81. The number of fused-ring (bicyclic) bond motifs is 1. The Morgan fingerprint density at radius 1 is 0.967 bits per heavy atom. The Morgan fingerprint density at radius 2 is 1.77 bits per heavy atom. The van der Waals surface area contributed by atoms with E-state index in [1.807, 2.05) is 37.3 Å². The van der Waals surface area contributed by atoms with E-state index in [0.29, 0.717) is 5.75 Å². The van der Waals surface area contributed by atoms with Crippen molar-refractivity contribution in [1.29, 1.82) is 0 Å². The molecule has 1 aliphatic carbocycles. The van der Waals surface area contributed by atoms with E-state index in [2.05, 4.69) is 37.4 Å². The van der Waals surface area contributed by atoms with Crippen LogP contribution in [0.15, 0.2) is 52.9 Å². The van der Waals surface area contributed by atoms with Crippen molar-refractivity contribution in [3.8, 4) is 11.5 Å². The molecule has 1 aliphatic heterocycles. The zero-order valence-corrected chi connectivity index (χ0v) is 17.5. The molecule has 2 aromatic carbocycles. The molecule has 1 atom stereocenters. The molecule has 0 saturated heterocycles. The lowest BCUT2D eigenvalue weighted by Crippen LogP contribution is -2.38. The van der Waals surface area contributed by atoms with E-state index in [4.69, 9.17) is 13.9 Å². The number of carbonyl (C=O) groups excluding carboxylic acids is 1. The number of amides is 1. The van der Waals surface area contributed by atoms with E-state index in [9.17, 15) is 4.79 Å². The third-order valence-electron chi connectivity index (χ3n) is 6.17. The van der Waals surface area contributed by atoms with Gasteiger partial charge in [-0.2, -0.15) is 0 Å². The van der Waals surface area contributed by atoms with Crippen LogP contribution in [0.5, 0.6) is 11.5 Å². The van der Waals surface area contributed by atoms with Gasteiger partial charge in [0.25, 0.3) is 0 Å². The van der Waals surface area contributed by atoms with Crippen molar-refractivity contribution in [2.24, 2.45) is 0 Å². The predicted octanol–water partition coefficient (Wildman–Crippen LogP) is 4.87. The Bertz CT molecular complexity index is 1130. The fraction of sp³-hybridized carbons (Fsp3) is 0.320. The minimum absolute atomic E-state index is 0.0143. The van der Waals surface area contributed by atoms with E-state index in [0.717, 1.165) is 46.8 Å². The molecule has 2 heterocycles. The predicted molar refractivity (Wildman–Crippen MR) is 113 cm³/mol. The Morgan fingerprint density at radius 3 is 2.47 bits per heavy atom. The number of hydrogen-bond acceptors (Lipinski definition) is 4. The largest absolute Gasteiger partial charge is 0.464 e. The highest BCUT2D eigenvalue weighted by Gasteiger charge is 2.52. The monoisotopic (exact) mass is 403 g/mol. The van der Waals surface area contributed by atoms with Crippen molar-refractivity contribution in [2.45, 2.75) is 45.1 Å². The van der Waals surface area contributed by atoms with E-state index < -0.39 is 5.41 Å². The summed E-state index contributed by atoms with van der Waals surface area (Å²) in [5.74, 6) is 3.02. The minimum Gasteiger partial charge on any atom is -0.464 e. The van der Waals surface area contributed by atoms with Crippen LogP contribution in [0.3, 0.4) is 0 Å². The normalized spacial score (nSPS) is 16.9. The van der Waals surface area contributed by atoms with Crippen LogP contribution in [0.2, 0.25) is 0 Å². The van der Waals surface area contributed by atoms with Crippen molar-refractivity contribution in [1.82, 2.24) is 5.32 Å². The molecular weight excluding hydrogens is 378 g/mol. The Labute approximate surface area is 176 Å². The lowest BCUT2D eigenvalue weighted by molar-refractivity contribution is -0.124. The summed E-state index contributed by atoms with van der Waals surface area (Å²) >= 11 is 0. The maximum atomic E-state index is 13.5. The van der Waals surface area contributed by atoms with Crippen LogP contribution >= 0.6 is 0 Å². The molecule has 0 spiro atoms. The maximum Gasteiger partial charge on any atom is 0.231 e. The molecule has 154 valence electrons. The van der Waals surface area contributed by atoms with Crippen LogP contribution in [-0.4, -0.2) is 12.7 Å². The van der Waals surface area contributed by atoms with Crippen molar-refractivity contribution in [2.75, 3.05) is 6.79 Å². The first-order valence-electron chi connectivity index (χ1n) is 10.3. The van der Waals surface area contributed by atoms with Crippen LogP contribution in [-0.2, 0) is 10.2 Å². The molecule has 1 aromatic heterocycles. The standard InChI is InChI=1S/C25H25NO4/c1-15-4-7-19(16(2)12-15)23(21-8-5-17(3)30-21)26-24(27)25(10-11-25)18-6-9-20-22(13-18)29-14-28-20/h4-9,12-13,23H,10-11,14H2,1-3H3,(H,26,27). The number of carbonyl (C=O) groups is 1. The number of furan rings is 1. The van der Waals surface area contributed by atoms with Gasteiger partial charge in [-0.05, 0) is 74.6 Å². The number of aryl methyl sites for hydroxylation is 3. The van der Waals surface area contributed by atoms with Crippen LogP contribution in [0, 0.1) is 20.8 Å². The van der Waals surface area contributed by atoms with Crippen LogP contribution in [0.4, 0.5) is 0 Å². The van der Waals surface area contributed by atoms with Gasteiger partial charge in [0.05, 0.1) is 5.41 Å². The summed E-state index contributed by atoms with van der Waals surface area (Å²) < 4.78 is 16.9. The van der Waals surface area contributed by atoms with Gasteiger partial charge in [0.15, 0.2) is 11.5 Å². The third-order valence-corrected chi connectivity index (χ3v) is 6.17. The summed E-state index contributed by atoms with van der Waals surface area (Å²) in [5, 5.41) is 3.29. The number of nitrogens with one attached hydrogen (secondary N) is 1. The average Bonchev–Trinajstić information content (AvgIpc) is 3.20. The smallest absolute Gasteiger partial charge is 0.231 e. The molecule has 0 radical (unpaired) electrons. The van der Waals surface area contributed by atoms with Crippen molar-refractivity contribution >= 4 is 5.91 Å². The number of hydrogen-bond donors (Lipinski definition) is 1. The van der Waals surface area contributed by atoms with Gasteiger partial charge in [0, 0.05) is 0 Å². The molecule has 1 saturated carbocycles. The van der Waals surface area contributed by atoms with Gasteiger partial charge in [0.1, 0.15) is 17.6 Å². The molecule has 1 unspecified atom stereocenters. The molecule has 0 bridgehead atoms. The molecule has 2 aliphatic rings. The van der Waals surface area contributed by atoms with Crippen molar-refractivity contribution in [3.63, 3.8) is 0 Å². The number of benzene rings is 2. The second-order valence-electron chi connectivity index (χ2n) is 8.37. The molecule has 3 aromatic rings. The molecule has 5 heteroatoms. The summed E-state index contributed by atoms with van der Waals surface area (Å²) in [6, 6.07) is 15.6. The maximum absolute atomic E-state index is 13.5. The zero-order valence-electron chi connectivity index (χ0n) is 17.5. The Hall–Kier alpha value is -3.21. The third kappa shape index (κ3) is 3.15. The second-order valence-corrected chi connectivity index (χ2v) is 8.37. The van der Waals surface area contributed by atoms with E-state index in [1.54, 1.807) is 0 Å². The van der Waals surface area contributed by atoms with Crippen LogP contribution in [0.1, 0.15) is 52.7 Å². The second kappa shape index (κ2) is 6.94. The summed E-state index contributed by atoms with van der Waals surface area (Å²) in [7, 11) is 0. The van der Waals surface area contributed by atoms with E-state index in [-0.39, 0.29) is 18.7 Å². The fourth-order valence-corrected chi connectivity index (χ4v) is 4.30. The first-order valence-corrected chi connectivity index (χ1v) is 10.3. The summed E-state index contributed by atoms with van der Waals surface area (Å²) in [4.78, 5) is 13.5. The van der Waals surface area contributed by atoms with Gasteiger partial charge in [0.2, 0.25) is 12.7 Å². The van der Waals surface area contributed by atoms with E-state index >= 15 is 0 Å². The Balaban J connectivity index is 1.48. The minimum atomic E-state index is -0.528. The van der Waals surface area contributed by atoms with Crippen molar-refractivity contribution < 1.29 is 18.7 Å². The van der Waals surface area contributed by atoms with Crippen LogP contribution < -0.4 is 14.8 Å². The highest BCUT2D eigenvalue weighted by molar-refractivity contribution is 5.92. The van der Waals surface area contributed by atoms with Crippen molar-refractivity contribution in [3.05, 3.63) is 82.3 Å². The molecule has 30 heavy (non-hydrogen) atoms. The highest BCUT2D eigenvalue weighted by Crippen LogP contribution is 2.51. The molecule has 1 amide bonds. The molecule has 1 N–H and O–H groups in total. The fourth-order valence-electron chi connectivity index (χ4n) is 4.30. The quantitative estimate of drug-likeness (QED) is 0.660. The summed E-state index contributed by atoms with van der Waals surface area (Å²) in [6.45, 7) is 6.28. The molecule has 1 fully saturated rings. The summed E-state index contributed by atoms with van der Waals surface area (Å²) in [6.07, 6.45) is 1.63. The zero-order chi connectivity index (χ0) is 20.9. The lowest BCUT2D eigenvalue weighted by Gasteiger charge is -2.23. The molecular formula is C25H25NO4. The van der Waals surface area contributed by atoms with Gasteiger partial charge < -0.3 is 19.2 Å². The number of ether oxygens (including phenoxy) is 2. The van der Waals surface area contributed by atoms with E-state index in [1.165, 1.54) is 5.56 Å². The SMILES string of the molecule is Cc1ccc(C(NC(=O)C2(c3ccc4c(c3)OCO4)CC2)c2ccc(C)o2)c(C)c1. The highest BCUT2D eigenvalue weighted by atomic mass is 16.7.